The van der Waals surface area contributed by atoms with Gasteiger partial charge in [0.05, 0.1) is 20.1 Å². The lowest BCUT2D eigenvalue weighted by molar-refractivity contribution is -0.141. The average Bonchev–Trinajstić information content (AvgIpc) is 2.37. The largest absolute Gasteiger partial charge is 0.490 e. The van der Waals surface area contributed by atoms with Crippen LogP contribution in [0, 0.1) is 5.82 Å². The van der Waals surface area contributed by atoms with Crippen LogP contribution in [0.15, 0.2) is 18.2 Å². The highest BCUT2D eigenvalue weighted by Crippen LogP contribution is 2.23. The number of benzene rings is 1. The summed E-state index contributed by atoms with van der Waals surface area (Å²) in [5.74, 6) is -0.619. The van der Waals surface area contributed by atoms with Crippen molar-refractivity contribution in [2.45, 2.75) is 39.3 Å². The zero-order valence-electron chi connectivity index (χ0n) is 12.5. The highest BCUT2D eigenvalue weighted by molar-refractivity contribution is 5.69. The van der Waals surface area contributed by atoms with E-state index in [-0.39, 0.29) is 30.3 Å². The molecule has 0 aliphatic carbocycles. The normalized spacial score (nSPS) is 11.2. The Hall–Kier alpha value is -1.62. The van der Waals surface area contributed by atoms with Crippen molar-refractivity contribution in [3.05, 3.63) is 29.6 Å². The van der Waals surface area contributed by atoms with E-state index in [4.69, 9.17) is 4.74 Å². The molecule has 0 atom stereocenters. The van der Waals surface area contributed by atoms with Gasteiger partial charge in [-0.2, -0.15) is 0 Å². The molecular formula is C15H22FNO3. The van der Waals surface area contributed by atoms with Crippen LogP contribution in [0.1, 0.15) is 32.8 Å². The Balaban J connectivity index is 2.70. The molecule has 0 aliphatic rings. The number of halogens is 1. The van der Waals surface area contributed by atoms with Crippen molar-refractivity contribution in [1.82, 2.24) is 5.32 Å². The van der Waals surface area contributed by atoms with E-state index >= 15 is 0 Å². The predicted molar refractivity (Wildman–Crippen MR) is 75.1 cm³/mol. The maximum absolute atomic E-state index is 13.8. The van der Waals surface area contributed by atoms with E-state index in [1.807, 2.05) is 20.8 Å². The summed E-state index contributed by atoms with van der Waals surface area (Å²) in [5.41, 5.74) is 0.653. The van der Waals surface area contributed by atoms with Crippen molar-refractivity contribution < 1.29 is 18.7 Å². The van der Waals surface area contributed by atoms with Crippen molar-refractivity contribution in [3.8, 4) is 5.75 Å². The highest BCUT2D eigenvalue weighted by Gasteiger charge is 2.14. The molecule has 0 saturated carbocycles. The summed E-state index contributed by atoms with van der Waals surface area (Å²) in [6, 6.07) is 4.78. The number of carbonyl (C=O) groups excluding carboxylic acids is 1. The summed E-state index contributed by atoms with van der Waals surface area (Å²) in [7, 11) is 1.31. The predicted octanol–water partition coefficient (Wildman–Crippen LogP) is 2.66. The van der Waals surface area contributed by atoms with Gasteiger partial charge in [-0.3, -0.25) is 4.79 Å². The molecular weight excluding hydrogens is 261 g/mol. The van der Waals surface area contributed by atoms with Gasteiger partial charge in [0.1, 0.15) is 0 Å². The van der Waals surface area contributed by atoms with Gasteiger partial charge in [-0.25, -0.2) is 4.39 Å². The van der Waals surface area contributed by atoms with Gasteiger partial charge >= 0.3 is 5.97 Å². The summed E-state index contributed by atoms with van der Waals surface area (Å²) in [6.45, 7) is 6.68. The van der Waals surface area contributed by atoms with Crippen LogP contribution >= 0.6 is 0 Å². The minimum atomic E-state index is -0.428. The number of nitrogens with one attached hydrogen (secondary N) is 1. The molecule has 0 fully saturated rings. The first-order chi connectivity index (χ1) is 9.33. The number of ether oxygens (including phenoxy) is 2. The van der Waals surface area contributed by atoms with E-state index in [0.29, 0.717) is 6.54 Å². The van der Waals surface area contributed by atoms with E-state index in [1.54, 1.807) is 12.1 Å². The Bertz CT molecular complexity index is 455. The van der Waals surface area contributed by atoms with E-state index in [0.717, 1.165) is 5.56 Å². The quantitative estimate of drug-likeness (QED) is 0.815. The Morgan fingerprint density at radius 1 is 1.35 bits per heavy atom. The summed E-state index contributed by atoms with van der Waals surface area (Å²) in [5, 5.41) is 3.28. The molecule has 0 bridgehead atoms. The summed E-state index contributed by atoms with van der Waals surface area (Å²) in [6.07, 6.45) is 0.0942. The topological polar surface area (TPSA) is 47.6 Å². The van der Waals surface area contributed by atoms with E-state index < -0.39 is 5.82 Å². The maximum atomic E-state index is 13.8. The van der Waals surface area contributed by atoms with Crippen molar-refractivity contribution in [3.63, 3.8) is 0 Å². The fourth-order valence-corrected chi connectivity index (χ4v) is 1.55. The lowest BCUT2D eigenvalue weighted by Crippen LogP contribution is -2.35. The van der Waals surface area contributed by atoms with Crippen LogP contribution < -0.4 is 10.1 Å². The lowest BCUT2D eigenvalue weighted by atomic mass is 10.1. The van der Waals surface area contributed by atoms with Gasteiger partial charge in [0.15, 0.2) is 11.6 Å². The third-order valence-corrected chi connectivity index (χ3v) is 2.64. The van der Waals surface area contributed by atoms with Crippen molar-refractivity contribution in [1.29, 1.82) is 0 Å². The molecule has 1 N–H and O–H groups in total. The molecule has 0 aromatic heterocycles. The van der Waals surface area contributed by atoms with Gasteiger partial charge in [0.25, 0.3) is 0 Å². The second kappa shape index (κ2) is 7.24. The summed E-state index contributed by atoms with van der Waals surface area (Å²) >= 11 is 0. The van der Waals surface area contributed by atoms with Gasteiger partial charge < -0.3 is 14.8 Å². The molecule has 5 heteroatoms. The molecule has 1 rings (SSSR count). The first kappa shape index (κ1) is 16.4. The second-order valence-electron chi connectivity index (χ2n) is 5.51. The van der Waals surface area contributed by atoms with Crippen LogP contribution in [0.3, 0.4) is 0 Å². The summed E-state index contributed by atoms with van der Waals surface area (Å²) < 4.78 is 23.7. The molecule has 0 amide bonds. The van der Waals surface area contributed by atoms with Gasteiger partial charge in [-0.05, 0) is 26.8 Å². The fraction of sp³-hybridized carbons (Fsp3) is 0.533. The third kappa shape index (κ3) is 5.57. The van der Waals surface area contributed by atoms with Crippen LogP contribution in [0.5, 0.6) is 5.75 Å². The van der Waals surface area contributed by atoms with E-state index in [9.17, 15) is 9.18 Å². The first-order valence-corrected chi connectivity index (χ1v) is 6.55. The summed E-state index contributed by atoms with van der Waals surface area (Å²) in [4.78, 5) is 11.0. The van der Waals surface area contributed by atoms with Crippen molar-refractivity contribution >= 4 is 5.97 Å². The maximum Gasteiger partial charge on any atom is 0.308 e. The van der Waals surface area contributed by atoms with Crippen LogP contribution in [0.4, 0.5) is 4.39 Å². The molecule has 1 aromatic rings. The van der Waals surface area contributed by atoms with Gasteiger partial charge in [0.2, 0.25) is 0 Å². The molecule has 0 spiro atoms. The number of carbonyl (C=O) groups is 1. The Kier molecular flexibility index (Phi) is 5.95. The number of esters is 1. The first-order valence-electron chi connectivity index (χ1n) is 6.55. The number of methoxy groups -OCH3 is 1. The van der Waals surface area contributed by atoms with Gasteiger partial charge in [0, 0.05) is 17.6 Å². The van der Waals surface area contributed by atoms with Crippen LogP contribution in [-0.4, -0.2) is 25.2 Å². The zero-order valence-corrected chi connectivity index (χ0v) is 12.5. The standard InChI is InChI=1S/C15H22FNO3/c1-15(2,3)17-10-11-6-5-7-12(16)14(11)20-9-8-13(18)19-4/h5-7,17H,8-10H2,1-4H3. The highest BCUT2D eigenvalue weighted by atomic mass is 19.1. The smallest absolute Gasteiger partial charge is 0.308 e. The van der Waals surface area contributed by atoms with Gasteiger partial charge in [-0.1, -0.05) is 12.1 Å². The Morgan fingerprint density at radius 2 is 2.05 bits per heavy atom. The van der Waals surface area contributed by atoms with Gasteiger partial charge in [-0.15, -0.1) is 0 Å². The minimum Gasteiger partial charge on any atom is -0.490 e. The Labute approximate surface area is 119 Å². The van der Waals surface area contributed by atoms with E-state index in [1.165, 1.54) is 13.2 Å². The van der Waals surface area contributed by atoms with Crippen molar-refractivity contribution in [2.24, 2.45) is 0 Å². The number of para-hydroxylation sites is 1. The SMILES string of the molecule is COC(=O)CCOc1c(F)cccc1CNC(C)(C)C. The molecule has 112 valence electrons. The molecule has 0 aliphatic heterocycles. The average molecular weight is 283 g/mol. The second-order valence-corrected chi connectivity index (χ2v) is 5.51. The fourth-order valence-electron chi connectivity index (χ4n) is 1.55. The molecule has 20 heavy (non-hydrogen) atoms. The minimum absolute atomic E-state index is 0.0738. The monoisotopic (exact) mass is 283 g/mol. The number of hydrogen-bond acceptors (Lipinski definition) is 4. The van der Waals surface area contributed by atoms with Crippen LogP contribution in [-0.2, 0) is 16.1 Å². The molecule has 1 aromatic carbocycles. The third-order valence-electron chi connectivity index (χ3n) is 2.64. The molecule has 0 unspecified atom stereocenters. The number of rotatable bonds is 6. The zero-order chi connectivity index (χ0) is 15.2. The number of hydrogen-bond donors (Lipinski definition) is 1. The molecule has 0 heterocycles. The van der Waals surface area contributed by atoms with Crippen LogP contribution in [0.2, 0.25) is 0 Å². The molecule has 4 nitrogen and oxygen atoms in total. The molecule has 0 radical (unpaired) electrons. The van der Waals surface area contributed by atoms with E-state index in [2.05, 4.69) is 10.1 Å². The Morgan fingerprint density at radius 3 is 2.65 bits per heavy atom. The molecule has 0 saturated heterocycles. The van der Waals surface area contributed by atoms with Crippen LogP contribution in [0.25, 0.3) is 0 Å². The van der Waals surface area contributed by atoms with Crippen molar-refractivity contribution in [2.75, 3.05) is 13.7 Å². The lowest BCUT2D eigenvalue weighted by Gasteiger charge is -2.21.